The summed E-state index contributed by atoms with van der Waals surface area (Å²) in [4.78, 5) is 13.9. The minimum atomic E-state index is 0.119. The van der Waals surface area contributed by atoms with Gasteiger partial charge in [-0.3, -0.25) is 4.79 Å². The zero-order valence-corrected chi connectivity index (χ0v) is 12.5. The molecule has 0 aromatic heterocycles. The van der Waals surface area contributed by atoms with Crippen molar-refractivity contribution in [3.8, 4) is 0 Å². The van der Waals surface area contributed by atoms with Gasteiger partial charge in [-0.05, 0) is 24.0 Å². The number of rotatable bonds is 7. The molecule has 0 radical (unpaired) electrons. The van der Waals surface area contributed by atoms with Crippen LogP contribution in [-0.2, 0) is 16.1 Å². The summed E-state index contributed by atoms with van der Waals surface area (Å²) in [5.41, 5.74) is 2.14. The minimum absolute atomic E-state index is 0.119. The van der Waals surface area contributed by atoms with Crippen molar-refractivity contribution in [1.29, 1.82) is 0 Å². The Kier molecular flexibility index (Phi) is 5.76. The maximum Gasteiger partial charge on any atom is 0.226 e. The second-order valence-electron chi connectivity index (χ2n) is 5.37. The lowest BCUT2D eigenvalue weighted by Gasteiger charge is -2.26. The average Bonchev–Trinajstić information content (AvgIpc) is 2.98. The molecule has 3 heteroatoms. The summed E-state index contributed by atoms with van der Waals surface area (Å²) in [6.45, 7) is 9.63. The highest BCUT2D eigenvalue weighted by Crippen LogP contribution is 2.24. The first-order valence-electron chi connectivity index (χ1n) is 7.42. The van der Waals surface area contributed by atoms with Crippen molar-refractivity contribution >= 4 is 5.91 Å². The van der Waals surface area contributed by atoms with E-state index in [-0.39, 0.29) is 11.9 Å². The van der Waals surface area contributed by atoms with E-state index in [1.54, 1.807) is 6.08 Å². The lowest BCUT2D eigenvalue weighted by Crippen LogP contribution is -2.37. The molecule has 3 nitrogen and oxygen atoms in total. The fourth-order valence-corrected chi connectivity index (χ4v) is 2.70. The van der Waals surface area contributed by atoms with Gasteiger partial charge in [0.1, 0.15) is 0 Å². The van der Waals surface area contributed by atoms with Crippen LogP contribution in [0.15, 0.2) is 55.1 Å². The predicted molar refractivity (Wildman–Crippen MR) is 84.8 cm³/mol. The Hall–Kier alpha value is -1.87. The van der Waals surface area contributed by atoms with E-state index in [0.717, 1.165) is 30.5 Å². The Balaban J connectivity index is 1.82. The lowest BCUT2D eigenvalue weighted by molar-refractivity contribution is -0.130. The van der Waals surface area contributed by atoms with Crippen molar-refractivity contribution in [2.24, 2.45) is 0 Å². The molecule has 21 heavy (non-hydrogen) atoms. The minimum Gasteiger partial charge on any atom is -0.372 e. The molecule has 0 aliphatic carbocycles. The van der Waals surface area contributed by atoms with Crippen LogP contribution in [0.2, 0.25) is 0 Å². The van der Waals surface area contributed by atoms with Gasteiger partial charge in [-0.15, -0.1) is 6.58 Å². The highest BCUT2D eigenvalue weighted by Gasteiger charge is 2.29. The van der Waals surface area contributed by atoms with Crippen LogP contribution in [0.3, 0.4) is 0 Å². The molecule has 112 valence electrons. The number of carbonyl (C=O) groups excluding carboxylic acids is 1. The number of nitrogens with zero attached hydrogens (tertiary/aromatic N) is 1. The molecule has 0 spiro atoms. The number of amides is 1. The highest BCUT2D eigenvalue weighted by molar-refractivity contribution is 5.78. The van der Waals surface area contributed by atoms with Gasteiger partial charge in [0.15, 0.2) is 0 Å². The molecule has 0 saturated carbocycles. The first kappa shape index (κ1) is 15.5. The summed E-state index contributed by atoms with van der Waals surface area (Å²) in [6, 6.07) is 10.2. The smallest absolute Gasteiger partial charge is 0.226 e. The Bertz CT molecular complexity index is 495. The normalized spacial score (nSPS) is 17.7. The van der Waals surface area contributed by atoms with Crippen LogP contribution in [0.4, 0.5) is 0 Å². The van der Waals surface area contributed by atoms with Crippen molar-refractivity contribution in [2.45, 2.75) is 31.9 Å². The van der Waals surface area contributed by atoms with E-state index in [4.69, 9.17) is 4.74 Å². The van der Waals surface area contributed by atoms with Gasteiger partial charge < -0.3 is 9.64 Å². The molecule has 0 unspecified atom stereocenters. The van der Waals surface area contributed by atoms with Crippen LogP contribution in [0, 0.1) is 0 Å². The van der Waals surface area contributed by atoms with Gasteiger partial charge in [0.05, 0.1) is 19.3 Å². The fourth-order valence-electron chi connectivity index (χ4n) is 2.70. The third-order valence-electron chi connectivity index (χ3n) is 3.76. The molecule has 0 bridgehead atoms. The molecule has 1 aromatic carbocycles. The van der Waals surface area contributed by atoms with Gasteiger partial charge in [0.2, 0.25) is 5.91 Å². The topological polar surface area (TPSA) is 29.5 Å². The molecule has 1 saturated heterocycles. The second kappa shape index (κ2) is 7.79. The van der Waals surface area contributed by atoms with Gasteiger partial charge in [0.25, 0.3) is 0 Å². The lowest BCUT2D eigenvalue weighted by atomic mass is 10.1. The third-order valence-corrected chi connectivity index (χ3v) is 3.76. The maximum absolute atomic E-state index is 12.0. The molecule has 1 aliphatic rings. The number of benzene rings is 1. The van der Waals surface area contributed by atoms with E-state index in [1.807, 2.05) is 35.2 Å². The van der Waals surface area contributed by atoms with Crippen molar-refractivity contribution in [1.82, 2.24) is 4.90 Å². The summed E-state index contributed by atoms with van der Waals surface area (Å²) in [7, 11) is 0. The molecule has 1 aliphatic heterocycles. The van der Waals surface area contributed by atoms with Gasteiger partial charge in [-0.1, -0.05) is 43.0 Å². The molecule has 0 N–H and O–H groups in total. The van der Waals surface area contributed by atoms with Crippen LogP contribution < -0.4 is 0 Å². The first-order valence-corrected chi connectivity index (χ1v) is 7.42. The standard InChI is InChI=1S/C18H23NO2/c1-3-8-18(20)19-12-7-11-17(19)15(2)13-21-14-16-9-5-4-6-10-16/h3-6,9-10,17H,1-2,7-8,11-14H2/t17-/m0/s1. The van der Waals surface area contributed by atoms with E-state index in [9.17, 15) is 4.79 Å². The van der Waals surface area contributed by atoms with Crippen LogP contribution in [0.25, 0.3) is 0 Å². The van der Waals surface area contributed by atoms with E-state index < -0.39 is 0 Å². The van der Waals surface area contributed by atoms with Crippen molar-refractivity contribution < 1.29 is 9.53 Å². The number of hydrogen-bond acceptors (Lipinski definition) is 2. The van der Waals surface area contributed by atoms with Gasteiger partial charge in [-0.2, -0.15) is 0 Å². The predicted octanol–water partition coefficient (Wildman–Crippen LogP) is 3.33. The average molecular weight is 285 g/mol. The van der Waals surface area contributed by atoms with Gasteiger partial charge in [-0.25, -0.2) is 0 Å². The van der Waals surface area contributed by atoms with Crippen molar-refractivity contribution in [3.05, 3.63) is 60.7 Å². The van der Waals surface area contributed by atoms with E-state index in [2.05, 4.69) is 13.2 Å². The van der Waals surface area contributed by atoms with E-state index >= 15 is 0 Å². The summed E-state index contributed by atoms with van der Waals surface area (Å²) in [6.07, 6.45) is 4.07. The Morgan fingerprint density at radius 2 is 2.14 bits per heavy atom. The number of carbonyl (C=O) groups is 1. The van der Waals surface area contributed by atoms with Crippen LogP contribution >= 0.6 is 0 Å². The second-order valence-corrected chi connectivity index (χ2v) is 5.37. The van der Waals surface area contributed by atoms with Gasteiger partial charge in [0, 0.05) is 13.0 Å². The number of ether oxygens (including phenoxy) is 1. The van der Waals surface area contributed by atoms with Crippen LogP contribution in [0.5, 0.6) is 0 Å². The van der Waals surface area contributed by atoms with E-state index in [1.165, 1.54) is 0 Å². The Morgan fingerprint density at radius 1 is 1.38 bits per heavy atom. The molecule has 1 atom stereocenters. The van der Waals surface area contributed by atoms with Crippen LogP contribution in [0.1, 0.15) is 24.8 Å². The summed E-state index contributed by atoms with van der Waals surface area (Å²) in [5, 5.41) is 0. The van der Waals surface area contributed by atoms with Crippen molar-refractivity contribution in [3.63, 3.8) is 0 Å². The Labute approximate surface area is 126 Å². The molecule has 1 fully saturated rings. The van der Waals surface area contributed by atoms with Crippen molar-refractivity contribution in [2.75, 3.05) is 13.2 Å². The molecular weight excluding hydrogens is 262 g/mol. The molecule has 1 aromatic rings. The molecule has 1 amide bonds. The van der Waals surface area contributed by atoms with Gasteiger partial charge >= 0.3 is 0 Å². The Morgan fingerprint density at radius 3 is 2.86 bits per heavy atom. The highest BCUT2D eigenvalue weighted by atomic mass is 16.5. The summed E-state index contributed by atoms with van der Waals surface area (Å²) < 4.78 is 5.72. The fraction of sp³-hybridized carbons (Fsp3) is 0.389. The molecule has 2 rings (SSSR count). The SMILES string of the molecule is C=CCC(=O)N1CCC[C@H]1C(=C)COCc1ccccc1. The van der Waals surface area contributed by atoms with E-state index in [0.29, 0.717) is 19.6 Å². The number of likely N-dealkylation sites (tertiary alicyclic amines) is 1. The zero-order chi connectivity index (χ0) is 15.1. The summed E-state index contributed by atoms with van der Waals surface area (Å²) in [5.74, 6) is 0.136. The molecular formula is C18H23NO2. The maximum atomic E-state index is 12.0. The monoisotopic (exact) mass is 285 g/mol. The van der Waals surface area contributed by atoms with Crippen LogP contribution in [-0.4, -0.2) is 30.0 Å². The largest absolute Gasteiger partial charge is 0.372 e. The summed E-state index contributed by atoms with van der Waals surface area (Å²) >= 11 is 0. The zero-order valence-electron chi connectivity index (χ0n) is 12.5. The first-order chi connectivity index (χ1) is 10.2. The quantitative estimate of drug-likeness (QED) is 0.719. The molecule has 1 heterocycles. The number of hydrogen-bond donors (Lipinski definition) is 0. The third kappa shape index (κ3) is 4.30.